The highest BCUT2D eigenvalue weighted by molar-refractivity contribution is 4.92. The first-order valence-electron chi connectivity index (χ1n) is 9.52. The SMILES string of the molecule is CCC1CCCCN1CC1(CNC(C)C)CCC(C)CC1. The minimum atomic E-state index is 0.543. The summed E-state index contributed by atoms with van der Waals surface area (Å²) < 4.78 is 0. The molecule has 0 amide bonds. The minimum Gasteiger partial charge on any atom is -0.314 e. The van der Waals surface area contributed by atoms with Crippen LogP contribution < -0.4 is 5.32 Å². The third-order valence-electron chi connectivity index (χ3n) is 5.98. The van der Waals surface area contributed by atoms with Gasteiger partial charge < -0.3 is 5.32 Å². The highest BCUT2D eigenvalue weighted by atomic mass is 15.2. The predicted octanol–water partition coefficient (Wildman–Crippen LogP) is 4.45. The molecule has 0 radical (unpaired) electrons. The molecule has 1 heterocycles. The van der Waals surface area contributed by atoms with E-state index < -0.39 is 0 Å². The van der Waals surface area contributed by atoms with E-state index in [0.717, 1.165) is 12.0 Å². The number of hydrogen-bond acceptors (Lipinski definition) is 2. The Kier molecular flexibility index (Phi) is 6.55. The molecule has 2 fully saturated rings. The Bertz CT molecular complexity index is 292. The maximum Gasteiger partial charge on any atom is 0.00928 e. The number of nitrogens with zero attached hydrogens (tertiary/aromatic N) is 1. The average molecular weight is 295 g/mol. The van der Waals surface area contributed by atoms with E-state index >= 15 is 0 Å². The molecule has 1 atom stereocenters. The van der Waals surface area contributed by atoms with Crippen molar-refractivity contribution in [1.82, 2.24) is 10.2 Å². The van der Waals surface area contributed by atoms with Crippen LogP contribution >= 0.6 is 0 Å². The van der Waals surface area contributed by atoms with Gasteiger partial charge in [0.05, 0.1) is 0 Å². The van der Waals surface area contributed by atoms with E-state index in [4.69, 9.17) is 0 Å². The maximum absolute atomic E-state index is 3.77. The Labute approximate surface area is 133 Å². The summed E-state index contributed by atoms with van der Waals surface area (Å²) in [6.07, 6.45) is 11.4. The summed E-state index contributed by atoms with van der Waals surface area (Å²) in [6.45, 7) is 13.3. The summed E-state index contributed by atoms with van der Waals surface area (Å²) in [6, 6.07) is 1.47. The van der Waals surface area contributed by atoms with Crippen LogP contribution in [-0.2, 0) is 0 Å². The number of piperidine rings is 1. The van der Waals surface area contributed by atoms with Gasteiger partial charge >= 0.3 is 0 Å². The molecule has 2 nitrogen and oxygen atoms in total. The fraction of sp³-hybridized carbons (Fsp3) is 1.00. The molecule has 1 unspecified atom stereocenters. The monoisotopic (exact) mass is 294 g/mol. The molecule has 0 aromatic heterocycles. The Morgan fingerprint density at radius 2 is 1.86 bits per heavy atom. The molecule has 1 aliphatic heterocycles. The standard InChI is InChI=1S/C19H38N2/c1-5-18-8-6-7-13-21(18)15-19(14-20-16(2)3)11-9-17(4)10-12-19/h16-18,20H,5-15H2,1-4H3. The maximum atomic E-state index is 3.77. The van der Waals surface area contributed by atoms with Crippen LogP contribution in [0.1, 0.15) is 79.1 Å². The first kappa shape index (κ1) is 17.3. The van der Waals surface area contributed by atoms with Gasteiger partial charge in [0.1, 0.15) is 0 Å². The highest BCUT2D eigenvalue weighted by Gasteiger charge is 2.37. The lowest BCUT2D eigenvalue weighted by atomic mass is 9.70. The van der Waals surface area contributed by atoms with Crippen LogP contribution in [0, 0.1) is 11.3 Å². The molecule has 0 aromatic rings. The van der Waals surface area contributed by atoms with Crippen LogP contribution in [0.3, 0.4) is 0 Å². The largest absolute Gasteiger partial charge is 0.314 e. The van der Waals surface area contributed by atoms with E-state index in [0.29, 0.717) is 11.5 Å². The highest BCUT2D eigenvalue weighted by Crippen LogP contribution is 2.40. The summed E-state index contributed by atoms with van der Waals surface area (Å²) in [5.74, 6) is 0.945. The molecule has 124 valence electrons. The number of rotatable bonds is 6. The Morgan fingerprint density at radius 3 is 2.48 bits per heavy atom. The molecule has 1 aliphatic carbocycles. The molecule has 2 rings (SSSR count). The quantitative estimate of drug-likeness (QED) is 0.779. The van der Waals surface area contributed by atoms with Crippen molar-refractivity contribution in [3.63, 3.8) is 0 Å². The van der Waals surface area contributed by atoms with Crippen LogP contribution in [0.2, 0.25) is 0 Å². The normalized spacial score (nSPS) is 35.3. The van der Waals surface area contributed by atoms with Crippen LogP contribution in [0.5, 0.6) is 0 Å². The van der Waals surface area contributed by atoms with Crippen molar-refractivity contribution in [2.75, 3.05) is 19.6 Å². The van der Waals surface area contributed by atoms with Gasteiger partial charge in [0, 0.05) is 25.2 Å². The van der Waals surface area contributed by atoms with Crippen molar-refractivity contribution in [2.45, 2.75) is 91.1 Å². The zero-order chi connectivity index (χ0) is 15.3. The Morgan fingerprint density at radius 1 is 1.14 bits per heavy atom. The predicted molar refractivity (Wildman–Crippen MR) is 92.7 cm³/mol. The molecule has 2 heteroatoms. The molecule has 21 heavy (non-hydrogen) atoms. The summed E-state index contributed by atoms with van der Waals surface area (Å²) in [7, 11) is 0. The number of likely N-dealkylation sites (tertiary alicyclic amines) is 1. The topological polar surface area (TPSA) is 15.3 Å². The second-order valence-corrected chi connectivity index (χ2v) is 8.25. The average Bonchev–Trinajstić information content (AvgIpc) is 2.49. The summed E-state index contributed by atoms with van der Waals surface area (Å²) in [5.41, 5.74) is 0.543. The second-order valence-electron chi connectivity index (χ2n) is 8.25. The van der Waals surface area contributed by atoms with Gasteiger partial charge in [0.25, 0.3) is 0 Å². The molecular formula is C19H38N2. The first-order chi connectivity index (χ1) is 10.0. The molecule has 2 aliphatic rings. The molecule has 0 aromatic carbocycles. The fourth-order valence-electron chi connectivity index (χ4n) is 4.35. The lowest BCUT2D eigenvalue weighted by molar-refractivity contribution is 0.0434. The molecule has 1 saturated carbocycles. The number of nitrogens with one attached hydrogen (secondary N) is 1. The van der Waals surface area contributed by atoms with Gasteiger partial charge in [0.2, 0.25) is 0 Å². The lowest BCUT2D eigenvalue weighted by Gasteiger charge is -2.46. The van der Waals surface area contributed by atoms with E-state index in [-0.39, 0.29) is 0 Å². The van der Waals surface area contributed by atoms with Crippen molar-refractivity contribution in [3.8, 4) is 0 Å². The molecule has 1 saturated heterocycles. The van der Waals surface area contributed by atoms with Gasteiger partial charge in [-0.05, 0) is 50.0 Å². The fourth-order valence-corrected chi connectivity index (χ4v) is 4.35. The van der Waals surface area contributed by atoms with E-state index in [2.05, 4.69) is 37.9 Å². The van der Waals surface area contributed by atoms with E-state index in [1.165, 1.54) is 71.0 Å². The Hall–Kier alpha value is -0.0800. The van der Waals surface area contributed by atoms with Crippen LogP contribution in [0.15, 0.2) is 0 Å². The van der Waals surface area contributed by atoms with Crippen molar-refractivity contribution >= 4 is 0 Å². The van der Waals surface area contributed by atoms with E-state index in [1.807, 2.05) is 0 Å². The smallest absolute Gasteiger partial charge is 0.00928 e. The van der Waals surface area contributed by atoms with Crippen molar-refractivity contribution in [1.29, 1.82) is 0 Å². The molecule has 0 spiro atoms. The van der Waals surface area contributed by atoms with Gasteiger partial charge in [-0.2, -0.15) is 0 Å². The first-order valence-corrected chi connectivity index (χ1v) is 9.52. The van der Waals surface area contributed by atoms with E-state index in [1.54, 1.807) is 0 Å². The van der Waals surface area contributed by atoms with Crippen molar-refractivity contribution in [3.05, 3.63) is 0 Å². The summed E-state index contributed by atoms with van der Waals surface area (Å²) >= 11 is 0. The van der Waals surface area contributed by atoms with Gasteiger partial charge in [0.15, 0.2) is 0 Å². The van der Waals surface area contributed by atoms with Gasteiger partial charge in [-0.15, -0.1) is 0 Å². The van der Waals surface area contributed by atoms with Crippen molar-refractivity contribution in [2.24, 2.45) is 11.3 Å². The van der Waals surface area contributed by atoms with Gasteiger partial charge in [-0.3, -0.25) is 4.90 Å². The van der Waals surface area contributed by atoms with Crippen LogP contribution in [0.4, 0.5) is 0 Å². The third-order valence-corrected chi connectivity index (χ3v) is 5.98. The molecule has 1 N–H and O–H groups in total. The van der Waals surface area contributed by atoms with Gasteiger partial charge in [-0.1, -0.05) is 47.0 Å². The Balaban J connectivity index is 2.00. The summed E-state index contributed by atoms with van der Waals surface area (Å²) in [4.78, 5) is 2.85. The lowest BCUT2D eigenvalue weighted by Crippen LogP contribution is -2.51. The molecule has 0 bridgehead atoms. The summed E-state index contributed by atoms with van der Waals surface area (Å²) in [5, 5.41) is 3.77. The van der Waals surface area contributed by atoms with Crippen LogP contribution in [0.25, 0.3) is 0 Å². The van der Waals surface area contributed by atoms with Gasteiger partial charge in [-0.25, -0.2) is 0 Å². The minimum absolute atomic E-state index is 0.543. The van der Waals surface area contributed by atoms with E-state index in [9.17, 15) is 0 Å². The zero-order valence-corrected chi connectivity index (χ0v) is 15.0. The second kappa shape index (κ2) is 7.97. The van der Waals surface area contributed by atoms with Crippen molar-refractivity contribution < 1.29 is 0 Å². The molecular weight excluding hydrogens is 256 g/mol. The zero-order valence-electron chi connectivity index (χ0n) is 15.0. The third kappa shape index (κ3) is 4.96. The number of hydrogen-bond donors (Lipinski definition) is 1. The van der Waals surface area contributed by atoms with Crippen LogP contribution in [-0.4, -0.2) is 36.6 Å².